The number of hydrogen-bond acceptors (Lipinski definition) is 4. The van der Waals surface area contributed by atoms with Gasteiger partial charge >= 0.3 is 0 Å². The molecule has 1 aromatic rings. The van der Waals surface area contributed by atoms with Gasteiger partial charge in [-0.1, -0.05) is 6.07 Å². The maximum Gasteiger partial charge on any atom is 0.248 e. The first-order chi connectivity index (χ1) is 9.26. The first kappa shape index (κ1) is 13.1. The van der Waals surface area contributed by atoms with Crippen molar-refractivity contribution < 1.29 is 9.53 Å². The topological polar surface area (TPSA) is 41.6 Å². The van der Waals surface area contributed by atoms with E-state index in [2.05, 4.69) is 27.7 Å². The molecule has 0 bridgehead atoms. The molecule has 0 aromatic carbocycles. The van der Waals surface area contributed by atoms with E-state index in [9.17, 15) is 4.79 Å². The lowest BCUT2D eigenvalue weighted by Crippen LogP contribution is -2.41. The zero-order valence-corrected chi connectivity index (χ0v) is 12.0. The second-order valence-corrected chi connectivity index (χ2v) is 6.41. The quantitative estimate of drug-likeness (QED) is 0.912. The lowest BCUT2D eigenvalue weighted by Gasteiger charge is -2.33. The van der Waals surface area contributed by atoms with E-state index < -0.39 is 0 Å². The van der Waals surface area contributed by atoms with Crippen molar-refractivity contribution in [3.8, 4) is 0 Å². The Bertz CT molecular complexity index is 435. The number of nitrogens with one attached hydrogen (secondary N) is 1. The highest BCUT2D eigenvalue weighted by Crippen LogP contribution is 2.33. The third-order valence-electron chi connectivity index (χ3n) is 4.13. The maximum atomic E-state index is 11.6. The molecule has 0 radical (unpaired) electrons. The van der Waals surface area contributed by atoms with Crippen molar-refractivity contribution in [3.05, 3.63) is 22.4 Å². The Labute approximate surface area is 117 Å². The number of thiophene rings is 1. The number of piperidine rings is 1. The lowest BCUT2D eigenvalue weighted by atomic mass is 9.91. The molecule has 19 heavy (non-hydrogen) atoms. The average molecular weight is 280 g/mol. The molecule has 0 spiro atoms. The summed E-state index contributed by atoms with van der Waals surface area (Å²) in [5.41, 5.74) is 0. The summed E-state index contributed by atoms with van der Waals surface area (Å²) < 4.78 is 5.92. The van der Waals surface area contributed by atoms with Crippen LogP contribution in [0.25, 0.3) is 0 Å². The zero-order chi connectivity index (χ0) is 13.2. The van der Waals surface area contributed by atoms with Crippen molar-refractivity contribution in [1.82, 2.24) is 10.2 Å². The first-order valence-corrected chi connectivity index (χ1v) is 7.76. The number of amides is 1. The molecule has 0 unspecified atom stereocenters. The fourth-order valence-corrected chi connectivity index (χ4v) is 3.84. The Morgan fingerprint density at radius 1 is 1.63 bits per heavy atom. The molecule has 2 aliphatic rings. The molecule has 2 saturated heterocycles. The van der Waals surface area contributed by atoms with Gasteiger partial charge in [0.2, 0.25) is 5.91 Å². The minimum absolute atomic E-state index is 0.0270. The molecular weight excluding hydrogens is 260 g/mol. The second-order valence-electron chi connectivity index (χ2n) is 5.38. The van der Waals surface area contributed by atoms with Gasteiger partial charge in [0.1, 0.15) is 6.10 Å². The first-order valence-electron chi connectivity index (χ1n) is 6.88. The normalized spacial score (nSPS) is 31.1. The van der Waals surface area contributed by atoms with Crippen LogP contribution in [-0.4, -0.2) is 43.2 Å². The molecule has 1 amide bonds. The van der Waals surface area contributed by atoms with Crippen molar-refractivity contribution >= 4 is 17.2 Å². The molecule has 1 N–H and O–H groups in total. The Hall–Kier alpha value is -0.910. The molecule has 3 heterocycles. The van der Waals surface area contributed by atoms with Crippen LogP contribution in [0.2, 0.25) is 0 Å². The van der Waals surface area contributed by atoms with Gasteiger partial charge in [-0.2, -0.15) is 0 Å². The van der Waals surface area contributed by atoms with Crippen molar-refractivity contribution in [1.29, 1.82) is 0 Å². The lowest BCUT2D eigenvalue weighted by molar-refractivity contribution is -0.132. The number of ether oxygens (including phenoxy) is 1. The number of fused-ring (bicyclic) bond motifs is 1. The van der Waals surface area contributed by atoms with Gasteiger partial charge in [0.25, 0.3) is 0 Å². The molecule has 3 atom stereocenters. The fourth-order valence-electron chi connectivity index (χ4n) is 3.09. The molecule has 0 saturated carbocycles. The number of likely N-dealkylation sites (tertiary alicyclic amines) is 1. The summed E-state index contributed by atoms with van der Waals surface area (Å²) in [5, 5.41) is 4.81. The van der Waals surface area contributed by atoms with Gasteiger partial charge in [-0.15, -0.1) is 11.3 Å². The van der Waals surface area contributed by atoms with Gasteiger partial charge in [-0.25, -0.2) is 0 Å². The van der Waals surface area contributed by atoms with Crippen molar-refractivity contribution in [3.63, 3.8) is 0 Å². The van der Waals surface area contributed by atoms with Crippen molar-refractivity contribution in [2.75, 3.05) is 20.1 Å². The summed E-state index contributed by atoms with van der Waals surface area (Å²) in [4.78, 5) is 15.5. The fraction of sp³-hybridized carbons (Fsp3) is 0.643. The van der Waals surface area contributed by atoms with E-state index in [1.54, 1.807) is 18.4 Å². The van der Waals surface area contributed by atoms with Gasteiger partial charge in [0.05, 0.1) is 6.10 Å². The Morgan fingerprint density at radius 3 is 3.26 bits per heavy atom. The highest BCUT2D eigenvalue weighted by molar-refractivity contribution is 7.09. The van der Waals surface area contributed by atoms with Crippen LogP contribution in [0, 0.1) is 5.92 Å². The van der Waals surface area contributed by atoms with E-state index in [0.717, 1.165) is 32.5 Å². The molecule has 2 fully saturated rings. The van der Waals surface area contributed by atoms with Gasteiger partial charge in [0, 0.05) is 25.0 Å². The Balaban J connectivity index is 1.57. The highest BCUT2D eigenvalue weighted by atomic mass is 32.1. The van der Waals surface area contributed by atoms with Crippen molar-refractivity contribution in [2.45, 2.75) is 31.6 Å². The highest BCUT2D eigenvalue weighted by Gasteiger charge is 2.41. The predicted octanol–water partition coefficient (Wildman–Crippen LogP) is 1.47. The van der Waals surface area contributed by atoms with E-state index >= 15 is 0 Å². The van der Waals surface area contributed by atoms with E-state index in [1.807, 2.05) is 0 Å². The van der Waals surface area contributed by atoms with Gasteiger partial charge < -0.3 is 10.1 Å². The maximum absolute atomic E-state index is 11.6. The monoisotopic (exact) mass is 280 g/mol. The van der Waals surface area contributed by atoms with E-state index in [1.165, 1.54) is 4.88 Å². The summed E-state index contributed by atoms with van der Waals surface area (Å²) in [6.45, 7) is 3.08. The summed E-state index contributed by atoms with van der Waals surface area (Å²) in [6.07, 6.45) is 2.03. The molecule has 4 nitrogen and oxygen atoms in total. The standard InChI is InChI=1S/C14H20N2O2S/c1-15-14(17)12-7-10-4-5-16(9-13(10)18-12)8-11-3-2-6-19-11/h2-3,6,10,12-13H,4-5,7-9H2,1H3,(H,15,17)/t10-,12+,13+/m1/s1. The third kappa shape index (κ3) is 2.83. The SMILES string of the molecule is CNC(=O)[C@@H]1C[C@H]2CCN(Cc3cccs3)C[C@@H]2O1. The van der Waals surface area contributed by atoms with Crippen LogP contribution in [0.5, 0.6) is 0 Å². The molecular formula is C14H20N2O2S. The number of hydrogen-bond donors (Lipinski definition) is 1. The Morgan fingerprint density at radius 2 is 2.53 bits per heavy atom. The molecule has 1 aromatic heterocycles. The van der Waals surface area contributed by atoms with Crippen LogP contribution in [0.3, 0.4) is 0 Å². The Kier molecular flexibility index (Phi) is 3.86. The van der Waals surface area contributed by atoms with Crippen LogP contribution in [0.4, 0.5) is 0 Å². The smallest absolute Gasteiger partial charge is 0.248 e. The summed E-state index contributed by atoms with van der Waals surface area (Å²) in [5.74, 6) is 0.584. The van der Waals surface area contributed by atoms with E-state index in [4.69, 9.17) is 4.74 Å². The summed E-state index contributed by atoms with van der Waals surface area (Å²) in [6, 6.07) is 4.28. The molecule has 104 valence electrons. The zero-order valence-electron chi connectivity index (χ0n) is 11.2. The van der Waals surface area contributed by atoms with Gasteiger partial charge in [-0.3, -0.25) is 9.69 Å². The number of likely N-dealkylation sites (N-methyl/N-ethyl adjacent to an activating group) is 1. The van der Waals surface area contributed by atoms with E-state index in [0.29, 0.717) is 5.92 Å². The molecule has 5 heteroatoms. The van der Waals surface area contributed by atoms with Crippen LogP contribution >= 0.6 is 11.3 Å². The molecule has 3 rings (SSSR count). The molecule has 0 aliphatic carbocycles. The van der Waals surface area contributed by atoms with Gasteiger partial charge in [-0.05, 0) is 36.8 Å². The summed E-state index contributed by atoms with van der Waals surface area (Å²) in [7, 11) is 1.68. The van der Waals surface area contributed by atoms with Crippen LogP contribution in [0.15, 0.2) is 17.5 Å². The average Bonchev–Trinajstić information content (AvgIpc) is 3.06. The van der Waals surface area contributed by atoms with Crippen molar-refractivity contribution in [2.24, 2.45) is 5.92 Å². The number of nitrogens with zero attached hydrogens (tertiary/aromatic N) is 1. The minimum Gasteiger partial charge on any atom is -0.364 e. The number of carbonyl (C=O) groups excluding carboxylic acids is 1. The third-order valence-corrected chi connectivity index (χ3v) is 5.00. The van der Waals surface area contributed by atoms with Crippen LogP contribution in [0.1, 0.15) is 17.7 Å². The summed E-state index contributed by atoms with van der Waals surface area (Å²) >= 11 is 1.80. The largest absolute Gasteiger partial charge is 0.364 e. The predicted molar refractivity (Wildman–Crippen MR) is 75.0 cm³/mol. The number of carbonyl (C=O) groups is 1. The second kappa shape index (κ2) is 5.61. The molecule has 2 aliphatic heterocycles. The minimum atomic E-state index is -0.235. The van der Waals surface area contributed by atoms with Gasteiger partial charge in [0.15, 0.2) is 0 Å². The van der Waals surface area contributed by atoms with E-state index in [-0.39, 0.29) is 18.1 Å². The number of rotatable bonds is 3. The van der Waals surface area contributed by atoms with Crippen LogP contribution < -0.4 is 5.32 Å². The van der Waals surface area contributed by atoms with Crippen LogP contribution in [-0.2, 0) is 16.1 Å².